The zero-order valence-electron chi connectivity index (χ0n) is 16.5. The maximum absolute atomic E-state index is 13.8. The van der Waals surface area contributed by atoms with Gasteiger partial charge >= 0.3 is 5.97 Å². The van der Waals surface area contributed by atoms with Gasteiger partial charge in [0.25, 0.3) is 11.6 Å². The summed E-state index contributed by atoms with van der Waals surface area (Å²) in [5.41, 5.74) is -1.42. The average Bonchev–Trinajstić information content (AvgIpc) is 3.29. The third kappa shape index (κ3) is 5.00. The highest BCUT2D eigenvalue weighted by molar-refractivity contribution is 7.89. The monoisotopic (exact) mass is 467 g/mol. The lowest BCUT2D eigenvalue weighted by atomic mass is 10.2. The number of rotatable bonds is 7. The number of hydrogen-bond donors (Lipinski definition) is 2. The van der Waals surface area contributed by atoms with Crippen LogP contribution in [-0.4, -0.2) is 54.3 Å². The number of nitrogens with one attached hydrogen (secondary N) is 1. The molecule has 11 nitrogen and oxygen atoms in total. The first-order chi connectivity index (χ1) is 15.1. The number of halogens is 1. The first-order valence-electron chi connectivity index (χ1n) is 9.33. The molecule has 170 valence electrons. The number of amides is 1. The number of nitrogens with zero attached hydrogens (tertiary/aromatic N) is 2. The van der Waals surface area contributed by atoms with E-state index < -0.39 is 61.9 Å². The summed E-state index contributed by atoms with van der Waals surface area (Å²) in [4.78, 5) is 34.1. The molecule has 1 saturated heterocycles. The summed E-state index contributed by atoms with van der Waals surface area (Å²) in [6, 6.07) is 5.63. The topological polar surface area (TPSA) is 156 Å². The van der Waals surface area contributed by atoms with E-state index in [9.17, 15) is 37.6 Å². The minimum absolute atomic E-state index is 0.215. The highest BCUT2D eigenvalue weighted by Crippen LogP contribution is 2.26. The fourth-order valence-corrected chi connectivity index (χ4v) is 4.58. The van der Waals surface area contributed by atoms with Crippen LogP contribution in [0.2, 0.25) is 0 Å². The van der Waals surface area contributed by atoms with Gasteiger partial charge in [0.1, 0.15) is 17.1 Å². The maximum Gasteiger partial charge on any atom is 0.342 e. The van der Waals surface area contributed by atoms with Gasteiger partial charge in [-0.05, 0) is 37.1 Å². The lowest BCUT2D eigenvalue weighted by Gasteiger charge is -2.16. The number of ether oxygens (including phenoxy) is 1. The molecule has 0 spiro atoms. The molecule has 0 atom stereocenters. The van der Waals surface area contributed by atoms with Gasteiger partial charge in [-0.15, -0.1) is 0 Å². The van der Waals surface area contributed by atoms with Crippen LogP contribution in [0.4, 0.5) is 15.8 Å². The zero-order chi connectivity index (χ0) is 23.5. The molecule has 2 aromatic rings. The Morgan fingerprint density at radius 1 is 1.19 bits per heavy atom. The maximum atomic E-state index is 13.8. The molecular weight excluding hydrogens is 449 g/mol. The Balaban J connectivity index is 1.69. The summed E-state index contributed by atoms with van der Waals surface area (Å²) in [5, 5.41) is 22.7. The van der Waals surface area contributed by atoms with Crippen molar-refractivity contribution in [2.24, 2.45) is 0 Å². The van der Waals surface area contributed by atoms with E-state index >= 15 is 0 Å². The average molecular weight is 467 g/mol. The van der Waals surface area contributed by atoms with Crippen molar-refractivity contribution in [2.75, 3.05) is 25.0 Å². The molecule has 32 heavy (non-hydrogen) atoms. The van der Waals surface area contributed by atoms with Crippen molar-refractivity contribution in [1.82, 2.24) is 4.31 Å². The quantitative estimate of drug-likeness (QED) is 0.356. The molecule has 0 bridgehead atoms. The van der Waals surface area contributed by atoms with E-state index in [0.29, 0.717) is 25.9 Å². The van der Waals surface area contributed by atoms with Crippen molar-refractivity contribution >= 4 is 33.3 Å². The Morgan fingerprint density at radius 2 is 1.88 bits per heavy atom. The lowest BCUT2D eigenvalue weighted by molar-refractivity contribution is -0.384. The van der Waals surface area contributed by atoms with Crippen molar-refractivity contribution in [3.8, 4) is 5.75 Å². The Labute approximate surface area is 181 Å². The normalized spacial score (nSPS) is 14.2. The highest BCUT2D eigenvalue weighted by Gasteiger charge is 2.29. The number of sulfonamides is 1. The third-order valence-corrected chi connectivity index (χ3v) is 6.55. The largest absolute Gasteiger partial charge is 0.507 e. The van der Waals surface area contributed by atoms with Crippen LogP contribution in [0.1, 0.15) is 23.2 Å². The van der Waals surface area contributed by atoms with Crippen LogP contribution >= 0.6 is 0 Å². The molecule has 1 amide bonds. The predicted octanol–water partition coefficient (Wildman–Crippen LogP) is 2.02. The van der Waals surface area contributed by atoms with Gasteiger partial charge in [0, 0.05) is 25.2 Å². The second-order valence-electron chi connectivity index (χ2n) is 6.84. The van der Waals surface area contributed by atoms with Crippen LogP contribution in [0.3, 0.4) is 0 Å². The molecule has 0 aliphatic carbocycles. The number of phenols is 1. The summed E-state index contributed by atoms with van der Waals surface area (Å²) < 4.78 is 45.1. The van der Waals surface area contributed by atoms with E-state index in [2.05, 4.69) is 0 Å². The standard InChI is InChI=1S/C19H18FN3O8S/c20-15-5-3-12(23(27)28)9-16(15)21-18(25)11-31-19(26)14-10-13(4-6-17(14)24)32(29,30)22-7-1-2-8-22/h3-6,9-10,24H,1-2,7-8,11H2,(H,21,25). The van der Waals surface area contributed by atoms with Gasteiger partial charge in [-0.2, -0.15) is 4.31 Å². The molecule has 2 N–H and O–H groups in total. The first kappa shape index (κ1) is 23.1. The molecule has 1 heterocycles. The van der Waals surface area contributed by atoms with E-state index in [0.717, 1.165) is 36.4 Å². The molecule has 0 radical (unpaired) electrons. The predicted molar refractivity (Wildman–Crippen MR) is 108 cm³/mol. The second-order valence-corrected chi connectivity index (χ2v) is 8.77. The van der Waals surface area contributed by atoms with Crippen molar-refractivity contribution in [2.45, 2.75) is 17.7 Å². The van der Waals surface area contributed by atoms with Crippen molar-refractivity contribution in [1.29, 1.82) is 0 Å². The van der Waals surface area contributed by atoms with Gasteiger partial charge in [-0.1, -0.05) is 0 Å². The van der Waals surface area contributed by atoms with Gasteiger partial charge in [-0.3, -0.25) is 14.9 Å². The third-order valence-electron chi connectivity index (χ3n) is 4.66. The molecule has 1 fully saturated rings. The summed E-state index contributed by atoms with van der Waals surface area (Å²) in [5.74, 6) is -3.68. The summed E-state index contributed by atoms with van der Waals surface area (Å²) in [6.45, 7) is -0.224. The summed E-state index contributed by atoms with van der Waals surface area (Å²) in [6.07, 6.45) is 1.43. The molecule has 1 aliphatic heterocycles. The number of non-ortho nitro benzene ring substituents is 1. The smallest absolute Gasteiger partial charge is 0.342 e. The van der Waals surface area contributed by atoms with Gasteiger partial charge in [-0.25, -0.2) is 17.6 Å². The Morgan fingerprint density at radius 3 is 2.53 bits per heavy atom. The lowest BCUT2D eigenvalue weighted by Crippen LogP contribution is -2.28. The molecule has 2 aromatic carbocycles. The van der Waals surface area contributed by atoms with E-state index in [1.54, 1.807) is 0 Å². The number of anilines is 1. The van der Waals surface area contributed by atoms with E-state index in [-0.39, 0.29) is 4.90 Å². The van der Waals surface area contributed by atoms with Crippen LogP contribution in [0.25, 0.3) is 0 Å². The minimum atomic E-state index is -3.86. The van der Waals surface area contributed by atoms with Gasteiger partial charge in [0.15, 0.2) is 6.61 Å². The Kier molecular flexibility index (Phi) is 6.69. The number of nitro benzene ring substituents is 1. The van der Waals surface area contributed by atoms with Crippen molar-refractivity contribution in [3.63, 3.8) is 0 Å². The summed E-state index contributed by atoms with van der Waals surface area (Å²) in [7, 11) is -3.86. The van der Waals surface area contributed by atoms with Gasteiger partial charge < -0.3 is 15.2 Å². The van der Waals surface area contributed by atoms with E-state index in [1.165, 1.54) is 4.31 Å². The SMILES string of the molecule is O=C(COC(=O)c1cc(S(=O)(=O)N2CCCC2)ccc1O)Nc1cc([N+](=O)[O-])ccc1F. The molecule has 13 heteroatoms. The van der Waals surface area contributed by atoms with Crippen LogP contribution in [0.5, 0.6) is 5.75 Å². The molecular formula is C19H18FN3O8S. The summed E-state index contributed by atoms with van der Waals surface area (Å²) >= 11 is 0. The fraction of sp³-hybridized carbons (Fsp3) is 0.263. The number of carbonyl (C=O) groups is 2. The number of nitro groups is 1. The van der Waals surface area contributed by atoms with Crippen LogP contribution in [-0.2, 0) is 19.6 Å². The first-order valence-corrected chi connectivity index (χ1v) is 10.8. The van der Waals surface area contributed by atoms with Crippen LogP contribution in [0.15, 0.2) is 41.3 Å². The van der Waals surface area contributed by atoms with Gasteiger partial charge in [0.2, 0.25) is 10.0 Å². The van der Waals surface area contributed by atoms with Crippen LogP contribution < -0.4 is 5.32 Å². The molecule has 3 rings (SSSR count). The number of phenolic OH excluding ortho intramolecular Hbond substituents is 1. The highest BCUT2D eigenvalue weighted by atomic mass is 32.2. The van der Waals surface area contributed by atoms with Gasteiger partial charge in [0.05, 0.1) is 15.5 Å². The zero-order valence-corrected chi connectivity index (χ0v) is 17.3. The molecule has 0 aromatic heterocycles. The number of aromatic hydroxyl groups is 1. The molecule has 0 unspecified atom stereocenters. The fourth-order valence-electron chi connectivity index (χ4n) is 3.03. The molecule has 0 saturated carbocycles. The van der Waals surface area contributed by atoms with Crippen molar-refractivity contribution in [3.05, 3.63) is 57.9 Å². The Hall–Kier alpha value is -3.58. The van der Waals surface area contributed by atoms with Crippen molar-refractivity contribution < 1.29 is 37.2 Å². The number of carbonyl (C=O) groups excluding carboxylic acids is 2. The number of esters is 1. The number of benzene rings is 2. The molecule has 1 aliphatic rings. The van der Waals surface area contributed by atoms with E-state index in [4.69, 9.17) is 4.74 Å². The second kappa shape index (κ2) is 9.28. The van der Waals surface area contributed by atoms with E-state index in [1.807, 2.05) is 5.32 Å². The minimum Gasteiger partial charge on any atom is -0.507 e. The van der Waals surface area contributed by atoms with Crippen LogP contribution in [0, 0.1) is 15.9 Å². The number of hydrogen-bond acceptors (Lipinski definition) is 8. The Bertz CT molecular complexity index is 1180.